The number of hydrogen-bond donors (Lipinski definition) is 5. The third kappa shape index (κ3) is 13.2. The Kier molecular flexibility index (Phi) is 15.7. The molecule has 4 unspecified atom stereocenters. The molecule has 0 saturated heterocycles. The molecule has 46 heavy (non-hydrogen) atoms. The van der Waals surface area contributed by atoms with Gasteiger partial charge in [-0.05, 0) is 47.4 Å². The highest BCUT2D eigenvalue weighted by Gasteiger charge is 2.30. The van der Waals surface area contributed by atoms with E-state index in [0.717, 1.165) is 11.3 Å². The lowest BCUT2D eigenvalue weighted by molar-refractivity contribution is -0.133. The first-order valence-electron chi connectivity index (χ1n) is 16.0. The van der Waals surface area contributed by atoms with Gasteiger partial charge in [-0.25, -0.2) is 5.01 Å². The molecule has 0 heterocycles. The molecule has 0 radical (unpaired) electrons. The number of amides is 4. The van der Waals surface area contributed by atoms with Crippen molar-refractivity contribution in [2.24, 2.45) is 17.8 Å². The van der Waals surface area contributed by atoms with Crippen LogP contribution in [-0.4, -0.2) is 65.1 Å². The van der Waals surface area contributed by atoms with E-state index in [0.29, 0.717) is 24.6 Å². The molecule has 0 saturated carbocycles. The SMILES string of the molecule is CC(=O)NC(C(=O)NC(c1ccccc1)C(O)CCN(Cc1ccc(OCC(C)C)cc1)NC(=O)C(NC(C)=O)C(C)C)C(C)C. The zero-order valence-corrected chi connectivity index (χ0v) is 28.5. The number of carbonyl (C=O) groups excluding carboxylic acids is 4. The van der Waals surface area contributed by atoms with Crippen molar-refractivity contribution in [1.29, 1.82) is 0 Å². The fraction of sp³-hybridized carbons (Fsp3) is 0.543. The molecule has 0 fully saturated rings. The minimum Gasteiger partial charge on any atom is -0.493 e. The van der Waals surface area contributed by atoms with Crippen LogP contribution in [0.2, 0.25) is 0 Å². The van der Waals surface area contributed by atoms with E-state index >= 15 is 0 Å². The van der Waals surface area contributed by atoms with Crippen molar-refractivity contribution in [3.63, 3.8) is 0 Å². The Labute approximate surface area is 273 Å². The molecule has 254 valence electrons. The van der Waals surface area contributed by atoms with Crippen molar-refractivity contribution in [2.45, 2.75) is 92.6 Å². The van der Waals surface area contributed by atoms with Crippen LogP contribution in [0.5, 0.6) is 5.75 Å². The van der Waals surface area contributed by atoms with Crippen LogP contribution in [0.15, 0.2) is 54.6 Å². The summed E-state index contributed by atoms with van der Waals surface area (Å²) in [5.74, 6) is -0.622. The van der Waals surface area contributed by atoms with Crippen LogP contribution in [0.4, 0.5) is 0 Å². The molecule has 0 spiro atoms. The molecular formula is C35H53N5O6. The van der Waals surface area contributed by atoms with Gasteiger partial charge in [0.2, 0.25) is 17.7 Å². The highest BCUT2D eigenvalue weighted by atomic mass is 16.5. The quantitative estimate of drug-likeness (QED) is 0.157. The number of aliphatic hydroxyl groups is 1. The Bertz CT molecular complexity index is 1250. The predicted octanol–water partition coefficient (Wildman–Crippen LogP) is 3.48. The lowest BCUT2D eigenvalue weighted by atomic mass is 9.97. The molecule has 0 bridgehead atoms. The maximum absolute atomic E-state index is 13.4. The monoisotopic (exact) mass is 639 g/mol. The second-order valence-electron chi connectivity index (χ2n) is 12.8. The van der Waals surface area contributed by atoms with Crippen LogP contribution >= 0.6 is 0 Å². The number of nitrogens with zero attached hydrogens (tertiary/aromatic N) is 1. The molecule has 2 aromatic rings. The maximum atomic E-state index is 13.4. The third-order valence-corrected chi connectivity index (χ3v) is 7.30. The van der Waals surface area contributed by atoms with E-state index in [9.17, 15) is 24.3 Å². The second kappa shape index (κ2) is 18.9. The van der Waals surface area contributed by atoms with Gasteiger partial charge in [0, 0.05) is 26.9 Å². The lowest BCUT2D eigenvalue weighted by Gasteiger charge is -2.31. The van der Waals surface area contributed by atoms with E-state index < -0.39 is 30.1 Å². The number of hydrazine groups is 1. The molecule has 11 nitrogen and oxygen atoms in total. The highest BCUT2D eigenvalue weighted by Crippen LogP contribution is 2.21. The number of carbonyl (C=O) groups is 4. The standard InChI is InChI=1S/C35H53N5O6/c1-22(2)21-46-29-16-14-27(15-17-29)20-40(39-35(45)32(24(5)6)37-26(8)42)19-18-30(43)33(28-12-10-9-11-13-28)38-34(44)31(23(3)4)36-25(7)41/h9-17,22-24,30-33,43H,18-21H2,1-8H3,(H,36,41)(H,37,42)(H,38,44)(H,39,45). The lowest BCUT2D eigenvalue weighted by Crippen LogP contribution is -2.54. The van der Waals surface area contributed by atoms with E-state index in [4.69, 9.17) is 4.74 Å². The van der Waals surface area contributed by atoms with E-state index in [-0.39, 0.29) is 42.5 Å². The summed E-state index contributed by atoms with van der Waals surface area (Å²) in [6.45, 7) is 15.4. The first-order chi connectivity index (χ1) is 21.7. The Balaban J connectivity index is 2.30. The number of aliphatic hydroxyl groups excluding tert-OH is 1. The summed E-state index contributed by atoms with van der Waals surface area (Å²) in [7, 11) is 0. The molecule has 4 amide bonds. The van der Waals surface area contributed by atoms with Crippen LogP contribution in [0.1, 0.15) is 79.0 Å². The summed E-state index contributed by atoms with van der Waals surface area (Å²) < 4.78 is 5.80. The van der Waals surface area contributed by atoms with Gasteiger partial charge in [-0.15, -0.1) is 0 Å². The second-order valence-corrected chi connectivity index (χ2v) is 12.8. The molecule has 2 aromatic carbocycles. The van der Waals surface area contributed by atoms with Crippen molar-refractivity contribution in [3.05, 3.63) is 65.7 Å². The van der Waals surface area contributed by atoms with Crippen LogP contribution in [-0.2, 0) is 25.7 Å². The minimum absolute atomic E-state index is 0.163. The van der Waals surface area contributed by atoms with Crippen molar-refractivity contribution in [2.75, 3.05) is 13.2 Å². The normalized spacial score (nSPS) is 14.0. The molecule has 5 N–H and O–H groups in total. The highest BCUT2D eigenvalue weighted by molar-refractivity contribution is 5.87. The van der Waals surface area contributed by atoms with E-state index in [1.807, 2.05) is 82.3 Å². The molecule has 2 rings (SSSR count). The molecule has 11 heteroatoms. The van der Waals surface area contributed by atoms with Crippen LogP contribution < -0.4 is 26.1 Å². The van der Waals surface area contributed by atoms with Gasteiger partial charge in [0.15, 0.2) is 0 Å². The van der Waals surface area contributed by atoms with Crippen LogP contribution in [0, 0.1) is 17.8 Å². The Hall–Kier alpha value is -3.96. The zero-order chi connectivity index (χ0) is 34.4. The van der Waals surface area contributed by atoms with Crippen LogP contribution in [0.3, 0.4) is 0 Å². The smallest absolute Gasteiger partial charge is 0.257 e. The summed E-state index contributed by atoms with van der Waals surface area (Å²) in [6, 6.07) is 14.4. The predicted molar refractivity (Wildman–Crippen MR) is 178 cm³/mol. The fourth-order valence-electron chi connectivity index (χ4n) is 4.84. The Morgan fingerprint density at radius 3 is 1.80 bits per heavy atom. The van der Waals surface area contributed by atoms with Gasteiger partial charge in [0.1, 0.15) is 17.8 Å². The minimum atomic E-state index is -1.04. The van der Waals surface area contributed by atoms with Crippen molar-refractivity contribution in [1.82, 2.24) is 26.4 Å². The largest absolute Gasteiger partial charge is 0.493 e. The average Bonchev–Trinajstić information content (AvgIpc) is 2.99. The third-order valence-electron chi connectivity index (χ3n) is 7.30. The summed E-state index contributed by atoms with van der Waals surface area (Å²) >= 11 is 0. The van der Waals surface area contributed by atoms with Gasteiger partial charge in [-0.2, -0.15) is 0 Å². The van der Waals surface area contributed by atoms with Gasteiger partial charge in [-0.3, -0.25) is 24.6 Å². The van der Waals surface area contributed by atoms with Gasteiger partial charge < -0.3 is 25.8 Å². The summed E-state index contributed by atoms with van der Waals surface area (Å²) in [5.41, 5.74) is 4.54. The van der Waals surface area contributed by atoms with E-state index in [1.165, 1.54) is 13.8 Å². The van der Waals surface area contributed by atoms with E-state index in [1.54, 1.807) is 5.01 Å². The number of ether oxygens (including phenoxy) is 1. The zero-order valence-electron chi connectivity index (χ0n) is 28.5. The van der Waals surface area contributed by atoms with Crippen molar-refractivity contribution in [3.8, 4) is 5.75 Å². The number of hydrogen-bond acceptors (Lipinski definition) is 7. The summed E-state index contributed by atoms with van der Waals surface area (Å²) in [5, 5.41) is 21.6. The van der Waals surface area contributed by atoms with Crippen molar-refractivity contribution >= 4 is 23.6 Å². The average molecular weight is 640 g/mol. The Morgan fingerprint density at radius 2 is 1.30 bits per heavy atom. The first-order valence-corrected chi connectivity index (χ1v) is 16.0. The topological polar surface area (TPSA) is 149 Å². The summed E-state index contributed by atoms with van der Waals surface area (Å²) in [4.78, 5) is 50.3. The molecule has 0 aliphatic carbocycles. The number of benzene rings is 2. The molecule has 0 aliphatic rings. The van der Waals surface area contributed by atoms with Gasteiger partial charge in [-0.1, -0.05) is 84.0 Å². The van der Waals surface area contributed by atoms with Crippen molar-refractivity contribution < 1.29 is 29.0 Å². The summed E-state index contributed by atoms with van der Waals surface area (Å²) in [6.07, 6.45) is -0.867. The Morgan fingerprint density at radius 1 is 0.761 bits per heavy atom. The van der Waals surface area contributed by atoms with Gasteiger partial charge >= 0.3 is 0 Å². The van der Waals surface area contributed by atoms with Gasteiger partial charge in [0.25, 0.3) is 5.91 Å². The van der Waals surface area contributed by atoms with E-state index in [2.05, 4.69) is 35.2 Å². The number of nitrogens with one attached hydrogen (secondary N) is 4. The van der Waals surface area contributed by atoms with Gasteiger partial charge in [0.05, 0.1) is 18.8 Å². The number of rotatable bonds is 18. The molecule has 0 aromatic heterocycles. The molecule has 0 aliphatic heterocycles. The fourth-order valence-corrected chi connectivity index (χ4v) is 4.84. The van der Waals surface area contributed by atoms with Crippen LogP contribution in [0.25, 0.3) is 0 Å². The molecule has 4 atom stereocenters. The molecular weight excluding hydrogens is 586 g/mol. The maximum Gasteiger partial charge on any atom is 0.257 e. The first kappa shape index (κ1) is 38.2.